The molecule has 7 heteroatoms. The van der Waals surface area contributed by atoms with Gasteiger partial charge >= 0.3 is 0 Å². The molecule has 0 aliphatic carbocycles. The highest BCUT2D eigenvalue weighted by Crippen LogP contribution is 2.39. The zero-order valence-electron chi connectivity index (χ0n) is 16.3. The van der Waals surface area contributed by atoms with Gasteiger partial charge in [0, 0.05) is 18.7 Å². The lowest BCUT2D eigenvalue weighted by Crippen LogP contribution is -2.31. The topological polar surface area (TPSA) is 87.1 Å². The minimum Gasteiger partial charge on any atom is -0.507 e. The van der Waals surface area contributed by atoms with Crippen LogP contribution in [0.15, 0.2) is 66.8 Å². The van der Waals surface area contributed by atoms with Crippen molar-refractivity contribution in [1.29, 1.82) is 0 Å². The number of nitrogens with zero attached hydrogens (tertiary/aromatic N) is 1. The number of Topliss-reactive ketones (excluding diaryl/α,β-unsaturated/α-hetero) is 1. The van der Waals surface area contributed by atoms with Crippen LogP contribution in [0.25, 0.3) is 5.76 Å². The molecule has 1 heterocycles. The fourth-order valence-corrected chi connectivity index (χ4v) is 3.36. The van der Waals surface area contributed by atoms with Gasteiger partial charge in [-0.15, -0.1) is 0 Å². The van der Waals surface area contributed by atoms with Gasteiger partial charge in [0.15, 0.2) is 0 Å². The van der Waals surface area contributed by atoms with Crippen LogP contribution in [0.1, 0.15) is 23.6 Å². The third-order valence-corrected chi connectivity index (χ3v) is 4.78. The Morgan fingerprint density at radius 2 is 1.80 bits per heavy atom. The van der Waals surface area contributed by atoms with Gasteiger partial charge in [-0.3, -0.25) is 9.59 Å². The Bertz CT molecular complexity index is 966. The highest BCUT2D eigenvalue weighted by molar-refractivity contribution is 6.46. The number of hydrogen-bond donors (Lipinski definition) is 2. The maximum atomic E-state index is 13.4. The van der Waals surface area contributed by atoms with Crippen LogP contribution < -0.4 is 4.74 Å². The summed E-state index contributed by atoms with van der Waals surface area (Å²) in [6, 6.07) is 10.9. The molecule has 1 amide bonds. The molecule has 0 bridgehead atoms. The largest absolute Gasteiger partial charge is 0.507 e. The number of carbonyl (C=O) groups excluding carboxylic acids is 2. The van der Waals surface area contributed by atoms with E-state index in [1.54, 1.807) is 30.3 Å². The second-order valence-electron chi connectivity index (χ2n) is 6.75. The monoisotopic (exact) mass is 411 g/mol. The molecule has 2 aromatic carbocycles. The molecule has 1 aliphatic rings. The number of likely N-dealkylation sites (tertiary alicyclic amines) is 1. The number of ether oxygens (including phenoxy) is 1. The third kappa shape index (κ3) is 4.26. The van der Waals surface area contributed by atoms with Gasteiger partial charge in [-0.2, -0.15) is 0 Å². The zero-order chi connectivity index (χ0) is 21.7. The van der Waals surface area contributed by atoms with E-state index in [0.717, 1.165) is 0 Å². The Kier molecular flexibility index (Phi) is 6.64. The predicted molar refractivity (Wildman–Crippen MR) is 109 cm³/mol. The molecule has 0 aromatic heterocycles. The third-order valence-electron chi connectivity index (χ3n) is 4.78. The minimum absolute atomic E-state index is 0.0793. The van der Waals surface area contributed by atoms with E-state index in [0.29, 0.717) is 23.5 Å². The van der Waals surface area contributed by atoms with Crippen LogP contribution in [0.3, 0.4) is 0 Å². The molecule has 1 atom stereocenters. The van der Waals surface area contributed by atoms with E-state index in [9.17, 15) is 19.1 Å². The average molecular weight is 411 g/mol. The first-order valence-electron chi connectivity index (χ1n) is 9.46. The molecule has 2 aromatic rings. The predicted octanol–water partition coefficient (Wildman–Crippen LogP) is 3.19. The Balaban J connectivity index is 2.05. The lowest BCUT2D eigenvalue weighted by Gasteiger charge is -2.25. The molecular formula is C23H22FNO5. The summed E-state index contributed by atoms with van der Waals surface area (Å²) in [6.07, 6.45) is 1.87. The van der Waals surface area contributed by atoms with Crippen LogP contribution >= 0.6 is 0 Å². The van der Waals surface area contributed by atoms with Crippen molar-refractivity contribution in [2.45, 2.75) is 12.5 Å². The van der Waals surface area contributed by atoms with E-state index in [2.05, 4.69) is 6.58 Å². The van der Waals surface area contributed by atoms with Gasteiger partial charge in [-0.1, -0.05) is 24.8 Å². The molecule has 1 saturated heterocycles. The maximum Gasteiger partial charge on any atom is 0.295 e. The van der Waals surface area contributed by atoms with Crippen molar-refractivity contribution in [3.63, 3.8) is 0 Å². The Morgan fingerprint density at radius 3 is 2.40 bits per heavy atom. The number of halogens is 1. The number of benzene rings is 2. The fraction of sp³-hybridized carbons (Fsp3) is 0.217. The fourth-order valence-electron chi connectivity index (χ4n) is 3.36. The summed E-state index contributed by atoms with van der Waals surface area (Å²) in [4.78, 5) is 26.7. The highest BCUT2D eigenvalue weighted by Gasteiger charge is 2.45. The number of ketones is 1. The summed E-state index contributed by atoms with van der Waals surface area (Å²) in [5.74, 6) is -1.83. The van der Waals surface area contributed by atoms with Crippen LogP contribution in [-0.2, 0) is 9.59 Å². The molecule has 1 aliphatic heterocycles. The van der Waals surface area contributed by atoms with Crippen LogP contribution in [0.2, 0.25) is 0 Å². The highest BCUT2D eigenvalue weighted by atomic mass is 19.1. The van der Waals surface area contributed by atoms with Gasteiger partial charge in [0.2, 0.25) is 0 Å². The summed E-state index contributed by atoms with van der Waals surface area (Å²) >= 11 is 0. The lowest BCUT2D eigenvalue weighted by molar-refractivity contribution is -0.140. The van der Waals surface area contributed by atoms with E-state index < -0.39 is 23.5 Å². The minimum atomic E-state index is -0.881. The van der Waals surface area contributed by atoms with Crippen LogP contribution in [-0.4, -0.2) is 46.6 Å². The van der Waals surface area contributed by atoms with Crippen molar-refractivity contribution < 1.29 is 28.9 Å². The smallest absolute Gasteiger partial charge is 0.295 e. The summed E-state index contributed by atoms with van der Waals surface area (Å²) in [6.45, 7) is 3.86. The van der Waals surface area contributed by atoms with Crippen molar-refractivity contribution in [3.8, 4) is 5.75 Å². The van der Waals surface area contributed by atoms with E-state index in [1.807, 2.05) is 0 Å². The van der Waals surface area contributed by atoms with Crippen LogP contribution in [0, 0.1) is 5.82 Å². The maximum absolute atomic E-state index is 13.4. The first kappa shape index (κ1) is 21.3. The average Bonchev–Trinajstić information content (AvgIpc) is 3.01. The Labute approximate surface area is 173 Å². The van der Waals surface area contributed by atoms with E-state index in [-0.39, 0.29) is 30.9 Å². The lowest BCUT2D eigenvalue weighted by atomic mass is 9.95. The molecule has 1 unspecified atom stereocenters. The molecule has 1 fully saturated rings. The van der Waals surface area contributed by atoms with E-state index in [1.165, 1.54) is 29.2 Å². The van der Waals surface area contributed by atoms with Crippen molar-refractivity contribution in [1.82, 2.24) is 4.90 Å². The second kappa shape index (κ2) is 9.37. The molecule has 0 radical (unpaired) electrons. The number of amides is 1. The second-order valence-corrected chi connectivity index (χ2v) is 6.75. The van der Waals surface area contributed by atoms with Crippen molar-refractivity contribution in [2.24, 2.45) is 0 Å². The van der Waals surface area contributed by atoms with Crippen LogP contribution in [0.5, 0.6) is 5.75 Å². The molecular weight excluding hydrogens is 389 g/mol. The summed E-state index contributed by atoms with van der Waals surface area (Å²) in [5, 5.41) is 20.1. The molecule has 2 N–H and O–H groups in total. The molecule has 30 heavy (non-hydrogen) atoms. The molecule has 0 spiro atoms. The van der Waals surface area contributed by atoms with E-state index in [4.69, 9.17) is 9.84 Å². The first-order valence-corrected chi connectivity index (χ1v) is 9.46. The number of rotatable bonds is 8. The van der Waals surface area contributed by atoms with Gasteiger partial charge in [-0.25, -0.2) is 4.39 Å². The number of hydrogen-bond acceptors (Lipinski definition) is 5. The molecule has 0 saturated carbocycles. The first-order chi connectivity index (χ1) is 14.5. The van der Waals surface area contributed by atoms with E-state index >= 15 is 0 Å². The normalized spacial score (nSPS) is 17.9. The van der Waals surface area contributed by atoms with Crippen molar-refractivity contribution in [2.75, 3.05) is 19.8 Å². The van der Waals surface area contributed by atoms with Crippen molar-refractivity contribution >= 4 is 17.4 Å². The van der Waals surface area contributed by atoms with Gasteiger partial charge in [0.1, 0.15) is 23.9 Å². The molecule has 3 rings (SSSR count). The van der Waals surface area contributed by atoms with Gasteiger partial charge in [0.25, 0.3) is 11.7 Å². The molecule has 6 nitrogen and oxygen atoms in total. The van der Waals surface area contributed by atoms with Gasteiger partial charge in [0.05, 0.1) is 11.6 Å². The quantitative estimate of drug-likeness (QED) is 0.302. The summed E-state index contributed by atoms with van der Waals surface area (Å²) in [5.41, 5.74) is 0.749. The van der Waals surface area contributed by atoms with Gasteiger partial charge in [-0.05, 0) is 48.4 Å². The SMILES string of the molecule is C=CCOc1ccc(/C(O)=C2/C(=O)C(=O)N(CCCO)C2c2ccc(F)cc2)cc1. The Morgan fingerprint density at radius 1 is 1.13 bits per heavy atom. The summed E-state index contributed by atoms with van der Waals surface area (Å²) < 4.78 is 18.8. The van der Waals surface area contributed by atoms with Crippen LogP contribution in [0.4, 0.5) is 4.39 Å². The number of aliphatic hydroxyl groups is 2. The van der Waals surface area contributed by atoms with Gasteiger partial charge < -0.3 is 19.8 Å². The number of carbonyl (C=O) groups is 2. The standard InChI is InChI=1S/C23H22FNO5/c1-2-14-30-18-10-6-16(7-11-18)21(27)19-20(15-4-8-17(24)9-5-15)25(12-3-13-26)23(29)22(19)28/h2,4-11,20,26-27H,1,3,12-14H2/b21-19-. The summed E-state index contributed by atoms with van der Waals surface area (Å²) in [7, 11) is 0. The van der Waals surface area contributed by atoms with Crippen molar-refractivity contribution in [3.05, 3.63) is 83.7 Å². The molecule has 156 valence electrons. The zero-order valence-corrected chi connectivity index (χ0v) is 16.3. The Hall–Kier alpha value is -3.45. The number of aliphatic hydroxyl groups excluding tert-OH is 2.